The average molecular weight is 383 g/mol. The third-order valence-corrected chi connectivity index (χ3v) is 6.24. The number of halogens is 1. The number of benzene rings is 2. The smallest absolute Gasteiger partial charge is 0.258 e. The standard InChI is InChI=1S/C17H19ClN2O4S/c1-12(2)19(11-14-7-5-4-6-8-14)25(23,24)15-9-16(18)13(3)17(10-15)20(21)22/h4-10,12H,11H2,1-3H3. The van der Waals surface area contributed by atoms with Crippen LogP contribution in [-0.2, 0) is 16.6 Å². The summed E-state index contributed by atoms with van der Waals surface area (Å²) in [6, 6.07) is 11.2. The van der Waals surface area contributed by atoms with Gasteiger partial charge < -0.3 is 0 Å². The van der Waals surface area contributed by atoms with E-state index in [4.69, 9.17) is 11.6 Å². The predicted molar refractivity (Wildman–Crippen MR) is 97.2 cm³/mol. The van der Waals surface area contributed by atoms with E-state index in [0.717, 1.165) is 11.6 Å². The van der Waals surface area contributed by atoms with Gasteiger partial charge in [-0.05, 0) is 32.4 Å². The number of sulfonamides is 1. The van der Waals surface area contributed by atoms with Crippen molar-refractivity contribution in [2.24, 2.45) is 0 Å². The number of nitro benzene ring substituents is 1. The normalized spacial score (nSPS) is 11.9. The lowest BCUT2D eigenvalue weighted by atomic mass is 10.2. The first-order valence-corrected chi connectivity index (χ1v) is 9.46. The van der Waals surface area contributed by atoms with Crippen molar-refractivity contribution in [3.63, 3.8) is 0 Å². The van der Waals surface area contributed by atoms with E-state index in [9.17, 15) is 18.5 Å². The van der Waals surface area contributed by atoms with Crippen LogP contribution in [0.2, 0.25) is 5.02 Å². The maximum absolute atomic E-state index is 13.1. The van der Waals surface area contributed by atoms with Crippen LogP contribution in [0.15, 0.2) is 47.4 Å². The number of nitrogens with zero attached hydrogens (tertiary/aromatic N) is 2. The molecule has 0 aromatic heterocycles. The van der Waals surface area contributed by atoms with Crippen molar-refractivity contribution in [3.05, 3.63) is 68.7 Å². The SMILES string of the molecule is Cc1c(Cl)cc(S(=O)(=O)N(Cc2ccccc2)C(C)C)cc1[N+](=O)[O-]. The monoisotopic (exact) mass is 382 g/mol. The van der Waals surface area contributed by atoms with Gasteiger partial charge in [0.2, 0.25) is 10.0 Å². The van der Waals surface area contributed by atoms with Crippen LogP contribution >= 0.6 is 11.6 Å². The van der Waals surface area contributed by atoms with Crippen LogP contribution in [0.4, 0.5) is 5.69 Å². The van der Waals surface area contributed by atoms with Gasteiger partial charge in [0.15, 0.2) is 0 Å². The van der Waals surface area contributed by atoms with Crippen LogP contribution in [0.25, 0.3) is 0 Å². The summed E-state index contributed by atoms with van der Waals surface area (Å²) < 4.78 is 27.4. The van der Waals surface area contributed by atoms with Gasteiger partial charge in [-0.1, -0.05) is 41.9 Å². The van der Waals surface area contributed by atoms with Crippen LogP contribution in [0.5, 0.6) is 0 Å². The second kappa shape index (κ2) is 7.51. The molecule has 0 saturated heterocycles. The molecular weight excluding hydrogens is 364 g/mol. The van der Waals surface area contributed by atoms with E-state index in [1.165, 1.54) is 17.3 Å². The van der Waals surface area contributed by atoms with E-state index in [2.05, 4.69) is 0 Å². The van der Waals surface area contributed by atoms with E-state index in [0.29, 0.717) is 0 Å². The van der Waals surface area contributed by atoms with Gasteiger partial charge in [0.05, 0.1) is 14.8 Å². The van der Waals surface area contributed by atoms with Gasteiger partial charge in [-0.15, -0.1) is 0 Å². The molecule has 0 atom stereocenters. The first-order chi connectivity index (χ1) is 11.6. The van der Waals surface area contributed by atoms with E-state index in [-0.39, 0.29) is 33.8 Å². The van der Waals surface area contributed by atoms with Crippen molar-refractivity contribution in [1.82, 2.24) is 4.31 Å². The van der Waals surface area contributed by atoms with E-state index in [1.54, 1.807) is 13.8 Å². The van der Waals surface area contributed by atoms with Gasteiger partial charge in [-0.3, -0.25) is 10.1 Å². The highest BCUT2D eigenvalue weighted by Gasteiger charge is 2.30. The van der Waals surface area contributed by atoms with Gasteiger partial charge >= 0.3 is 0 Å². The Kier molecular flexibility index (Phi) is 5.82. The maximum Gasteiger partial charge on any atom is 0.275 e. The Morgan fingerprint density at radius 2 is 1.80 bits per heavy atom. The molecule has 0 spiro atoms. The number of rotatable bonds is 6. The Bertz CT molecular complexity index is 883. The fraction of sp³-hybridized carbons (Fsp3) is 0.294. The molecule has 6 nitrogen and oxygen atoms in total. The minimum absolute atomic E-state index is 0.0520. The fourth-order valence-electron chi connectivity index (χ4n) is 2.42. The van der Waals surface area contributed by atoms with Crippen molar-refractivity contribution in [3.8, 4) is 0 Å². The molecular formula is C17H19ClN2O4S. The van der Waals surface area contributed by atoms with E-state index < -0.39 is 14.9 Å². The van der Waals surface area contributed by atoms with Crippen molar-refractivity contribution < 1.29 is 13.3 Å². The predicted octanol–water partition coefficient (Wildman–Crippen LogP) is 4.16. The summed E-state index contributed by atoms with van der Waals surface area (Å²) in [4.78, 5) is 10.4. The van der Waals surface area contributed by atoms with Crippen LogP contribution < -0.4 is 0 Å². The summed E-state index contributed by atoms with van der Waals surface area (Å²) in [6.45, 7) is 5.16. The molecule has 0 N–H and O–H groups in total. The highest BCUT2D eigenvalue weighted by molar-refractivity contribution is 7.89. The largest absolute Gasteiger partial charge is 0.275 e. The lowest BCUT2D eigenvalue weighted by Crippen LogP contribution is -2.36. The zero-order valence-electron chi connectivity index (χ0n) is 14.1. The van der Waals surface area contributed by atoms with Gasteiger partial charge in [-0.2, -0.15) is 4.31 Å². The molecule has 0 radical (unpaired) electrons. The summed E-state index contributed by atoms with van der Waals surface area (Å²) in [5, 5.41) is 11.2. The van der Waals surface area contributed by atoms with Gasteiger partial charge in [-0.25, -0.2) is 8.42 Å². The van der Waals surface area contributed by atoms with Gasteiger partial charge in [0.1, 0.15) is 0 Å². The van der Waals surface area contributed by atoms with Crippen molar-refractivity contribution in [1.29, 1.82) is 0 Å². The lowest BCUT2D eigenvalue weighted by Gasteiger charge is -2.26. The van der Waals surface area contributed by atoms with Crippen molar-refractivity contribution in [2.75, 3.05) is 0 Å². The third kappa shape index (κ3) is 4.18. The first-order valence-electron chi connectivity index (χ1n) is 7.65. The molecule has 2 aromatic rings. The number of nitro groups is 1. The van der Waals surface area contributed by atoms with Crippen molar-refractivity contribution >= 4 is 27.3 Å². The zero-order chi connectivity index (χ0) is 18.8. The average Bonchev–Trinajstić information content (AvgIpc) is 2.55. The first kappa shape index (κ1) is 19.4. The molecule has 0 aliphatic rings. The molecule has 0 heterocycles. The fourth-order valence-corrected chi connectivity index (χ4v) is 4.37. The highest BCUT2D eigenvalue weighted by atomic mass is 35.5. The molecule has 0 unspecified atom stereocenters. The molecule has 0 saturated carbocycles. The third-order valence-electron chi connectivity index (χ3n) is 3.85. The topological polar surface area (TPSA) is 80.5 Å². The Morgan fingerprint density at radius 3 is 2.32 bits per heavy atom. The minimum Gasteiger partial charge on any atom is -0.258 e. The van der Waals surface area contributed by atoms with Crippen molar-refractivity contribution in [2.45, 2.75) is 38.3 Å². The van der Waals surface area contributed by atoms with E-state index in [1.807, 2.05) is 30.3 Å². The molecule has 0 amide bonds. The molecule has 0 aliphatic heterocycles. The van der Waals surface area contributed by atoms with E-state index >= 15 is 0 Å². The second-order valence-electron chi connectivity index (χ2n) is 5.94. The Morgan fingerprint density at radius 1 is 1.20 bits per heavy atom. The lowest BCUT2D eigenvalue weighted by molar-refractivity contribution is -0.385. The molecule has 0 aliphatic carbocycles. The summed E-state index contributed by atoms with van der Waals surface area (Å²) in [7, 11) is -3.95. The van der Waals surface area contributed by atoms with Crippen LogP contribution in [-0.4, -0.2) is 23.7 Å². The summed E-state index contributed by atoms with van der Waals surface area (Å²) in [5.74, 6) is 0. The number of hydrogen-bond donors (Lipinski definition) is 0. The Balaban J connectivity index is 2.52. The maximum atomic E-state index is 13.1. The van der Waals surface area contributed by atoms with Crippen LogP contribution in [0.1, 0.15) is 25.0 Å². The molecule has 2 aromatic carbocycles. The van der Waals surface area contributed by atoms with Gasteiger partial charge in [0.25, 0.3) is 5.69 Å². The number of hydrogen-bond acceptors (Lipinski definition) is 4. The van der Waals surface area contributed by atoms with Crippen LogP contribution in [0, 0.1) is 17.0 Å². The van der Waals surface area contributed by atoms with Gasteiger partial charge in [0, 0.05) is 24.2 Å². The minimum atomic E-state index is -3.95. The molecule has 25 heavy (non-hydrogen) atoms. The summed E-state index contributed by atoms with van der Waals surface area (Å²) >= 11 is 6.03. The van der Waals surface area contributed by atoms with Crippen LogP contribution in [0.3, 0.4) is 0 Å². The highest BCUT2D eigenvalue weighted by Crippen LogP contribution is 2.32. The zero-order valence-corrected chi connectivity index (χ0v) is 15.7. The Hall–Kier alpha value is -1.96. The quantitative estimate of drug-likeness (QED) is 0.555. The molecule has 0 fully saturated rings. The second-order valence-corrected chi connectivity index (χ2v) is 8.23. The molecule has 8 heteroatoms. The summed E-state index contributed by atoms with van der Waals surface area (Å²) in [6.07, 6.45) is 0. The molecule has 2 rings (SSSR count). The molecule has 134 valence electrons. The Labute approximate surface area is 152 Å². The molecule has 0 bridgehead atoms. The summed E-state index contributed by atoms with van der Waals surface area (Å²) in [5.41, 5.74) is 0.756.